The van der Waals surface area contributed by atoms with E-state index in [1.54, 1.807) is 17.0 Å². The molecule has 1 heterocycles. The van der Waals surface area contributed by atoms with Gasteiger partial charge < -0.3 is 31.5 Å². The summed E-state index contributed by atoms with van der Waals surface area (Å²) in [5.74, 6) is -2.02. The third-order valence-electron chi connectivity index (χ3n) is 7.39. The molecule has 1 saturated heterocycles. The van der Waals surface area contributed by atoms with Gasteiger partial charge in [0.05, 0.1) is 24.7 Å². The second kappa shape index (κ2) is 13.5. The summed E-state index contributed by atoms with van der Waals surface area (Å²) in [6.45, 7) is 2.66. The Bertz CT molecular complexity index is 1180. The molecule has 10 heteroatoms. The minimum atomic E-state index is -1.56. The fraction of sp³-hybridized carbons (Fsp3) is 0.483. The van der Waals surface area contributed by atoms with Gasteiger partial charge in [-0.1, -0.05) is 43.3 Å². The number of carbonyl (C=O) groups is 3. The van der Waals surface area contributed by atoms with E-state index in [4.69, 9.17) is 16.2 Å². The number of nitrogens with one attached hydrogen (secondary N) is 1. The zero-order valence-electron chi connectivity index (χ0n) is 22.6. The SMILES string of the molecule is CCc1cccc(-c2c(F)cccc2C(O)(CCCOC(=O)NC)C2CCCN(C(=O)[C@@H](N)CC(N)=O)C2)c1. The number of hydrogen-bond donors (Lipinski definition) is 4. The molecule has 2 unspecified atom stereocenters. The van der Waals surface area contributed by atoms with Crippen LogP contribution < -0.4 is 16.8 Å². The van der Waals surface area contributed by atoms with E-state index in [0.29, 0.717) is 42.5 Å². The number of amides is 3. The Morgan fingerprint density at radius 2 is 2.00 bits per heavy atom. The first-order chi connectivity index (χ1) is 18.6. The molecular formula is C29H39FN4O5. The summed E-state index contributed by atoms with van der Waals surface area (Å²) in [6.07, 6.45) is 1.54. The molecule has 6 N–H and O–H groups in total. The number of carbonyl (C=O) groups excluding carboxylic acids is 3. The zero-order chi connectivity index (χ0) is 28.6. The molecular weight excluding hydrogens is 503 g/mol. The van der Waals surface area contributed by atoms with E-state index in [2.05, 4.69) is 5.32 Å². The van der Waals surface area contributed by atoms with E-state index in [1.807, 2.05) is 31.2 Å². The number of aliphatic hydroxyl groups is 1. The van der Waals surface area contributed by atoms with Gasteiger partial charge in [0.2, 0.25) is 11.8 Å². The number of hydrogen-bond acceptors (Lipinski definition) is 6. The van der Waals surface area contributed by atoms with Crippen LogP contribution in [-0.4, -0.2) is 60.7 Å². The molecule has 1 aliphatic rings. The van der Waals surface area contributed by atoms with Gasteiger partial charge in [-0.3, -0.25) is 9.59 Å². The second-order valence-corrected chi connectivity index (χ2v) is 10.0. The van der Waals surface area contributed by atoms with Gasteiger partial charge in [-0.15, -0.1) is 0 Å². The fourth-order valence-electron chi connectivity index (χ4n) is 5.37. The van der Waals surface area contributed by atoms with Crippen LogP contribution in [0.1, 0.15) is 50.2 Å². The number of aryl methyl sites for hydroxylation is 1. The number of alkyl carbamates (subject to hydrolysis) is 1. The van der Waals surface area contributed by atoms with Crippen LogP contribution in [0.15, 0.2) is 42.5 Å². The van der Waals surface area contributed by atoms with Crippen molar-refractivity contribution >= 4 is 17.9 Å². The van der Waals surface area contributed by atoms with Gasteiger partial charge in [-0.05, 0) is 54.9 Å². The highest BCUT2D eigenvalue weighted by Crippen LogP contribution is 2.44. The number of piperidine rings is 1. The van der Waals surface area contributed by atoms with Gasteiger partial charge in [0.1, 0.15) is 5.82 Å². The number of halogens is 1. The largest absolute Gasteiger partial charge is 0.450 e. The van der Waals surface area contributed by atoms with Crippen LogP contribution in [0.3, 0.4) is 0 Å². The maximum atomic E-state index is 15.5. The lowest BCUT2D eigenvalue weighted by Crippen LogP contribution is -2.53. The number of benzene rings is 2. The molecule has 2 aromatic carbocycles. The Hall–Kier alpha value is -3.50. The molecule has 0 saturated carbocycles. The highest BCUT2D eigenvalue weighted by Gasteiger charge is 2.43. The third-order valence-corrected chi connectivity index (χ3v) is 7.39. The van der Waals surface area contributed by atoms with Crippen molar-refractivity contribution in [1.82, 2.24) is 10.2 Å². The van der Waals surface area contributed by atoms with Crippen LogP contribution in [0.2, 0.25) is 0 Å². The smallest absolute Gasteiger partial charge is 0.406 e. The first-order valence-electron chi connectivity index (χ1n) is 13.4. The maximum absolute atomic E-state index is 15.5. The standard InChI is InChI=1S/C29H39FN4O5/c1-3-19-8-4-9-20(16-19)26-22(11-5-12-23(26)30)29(38,13-7-15-39-28(37)33-2)21-10-6-14-34(18-21)27(36)24(31)17-25(32)35/h4-5,8-9,11-12,16,21,24,38H,3,6-7,10,13-15,17-18,31H2,1-2H3,(H2,32,35)(H,33,37)/t21?,24-,29?/m0/s1. The van der Waals surface area contributed by atoms with Crippen LogP contribution in [0, 0.1) is 11.7 Å². The molecule has 2 aromatic rings. The zero-order valence-corrected chi connectivity index (χ0v) is 22.6. The van der Waals surface area contributed by atoms with Crippen LogP contribution >= 0.6 is 0 Å². The van der Waals surface area contributed by atoms with E-state index in [9.17, 15) is 19.5 Å². The molecule has 9 nitrogen and oxygen atoms in total. The van der Waals surface area contributed by atoms with Gasteiger partial charge in [0.25, 0.3) is 0 Å². The lowest BCUT2D eigenvalue weighted by atomic mass is 9.72. The molecule has 0 spiro atoms. The highest BCUT2D eigenvalue weighted by atomic mass is 19.1. The summed E-state index contributed by atoms with van der Waals surface area (Å²) < 4.78 is 20.7. The molecule has 3 amide bonds. The fourth-order valence-corrected chi connectivity index (χ4v) is 5.37. The molecule has 3 atom stereocenters. The molecule has 0 aliphatic carbocycles. The van der Waals surface area contributed by atoms with Crippen LogP contribution in [-0.2, 0) is 26.3 Å². The summed E-state index contributed by atoms with van der Waals surface area (Å²) in [5, 5.41) is 14.8. The van der Waals surface area contributed by atoms with E-state index in [1.165, 1.54) is 13.1 Å². The minimum absolute atomic E-state index is 0.0524. The Morgan fingerprint density at radius 1 is 1.26 bits per heavy atom. The summed E-state index contributed by atoms with van der Waals surface area (Å²) in [4.78, 5) is 37.5. The number of primary amides is 1. The van der Waals surface area contributed by atoms with Crippen LogP contribution in [0.25, 0.3) is 11.1 Å². The van der Waals surface area contributed by atoms with Crippen molar-refractivity contribution in [2.45, 2.75) is 57.1 Å². The summed E-state index contributed by atoms with van der Waals surface area (Å²) in [6, 6.07) is 11.1. The number of likely N-dealkylation sites (tertiary alicyclic amines) is 1. The quantitative estimate of drug-likeness (QED) is 0.321. The highest BCUT2D eigenvalue weighted by molar-refractivity contribution is 5.87. The van der Waals surface area contributed by atoms with Gasteiger partial charge in [-0.25, -0.2) is 9.18 Å². The van der Waals surface area contributed by atoms with Gasteiger partial charge in [0.15, 0.2) is 0 Å². The Morgan fingerprint density at radius 3 is 2.69 bits per heavy atom. The number of nitrogens with two attached hydrogens (primary N) is 2. The van der Waals surface area contributed by atoms with Crippen molar-refractivity contribution in [2.75, 3.05) is 26.7 Å². The van der Waals surface area contributed by atoms with Crippen molar-refractivity contribution in [3.05, 3.63) is 59.4 Å². The predicted octanol–water partition coefficient (Wildman–Crippen LogP) is 2.82. The topological polar surface area (TPSA) is 148 Å². The normalized spacial score (nSPS) is 17.7. The molecule has 1 fully saturated rings. The van der Waals surface area contributed by atoms with Gasteiger partial charge in [-0.2, -0.15) is 0 Å². The minimum Gasteiger partial charge on any atom is -0.450 e. The van der Waals surface area contributed by atoms with Crippen molar-refractivity contribution < 1.29 is 28.6 Å². The Labute approximate surface area is 228 Å². The maximum Gasteiger partial charge on any atom is 0.406 e. The number of rotatable bonds is 11. The summed E-state index contributed by atoms with van der Waals surface area (Å²) in [7, 11) is 1.46. The van der Waals surface area contributed by atoms with Crippen molar-refractivity contribution in [3.8, 4) is 11.1 Å². The molecule has 0 aromatic heterocycles. The van der Waals surface area contributed by atoms with Crippen LogP contribution in [0.5, 0.6) is 0 Å². The molecule has 0 bridgehead atoms. The van der Waals surface area contributed by atoms with E-state index >= 15 is 4.39 Å². The Balaban J connectivity index is 2.02. The lowest BCUT2D eigenvalue weighted by Gasteiger charge is -2.44. The average Bonchev–Trinajstić information content (AvgIpc) is 2.94. The molecule has 0 radical (unpaired) electrons. The molecule has 1 aliphatic heterocycles. The van der Waals surface area contributed by atoms with Crippen molar-refractivity contribution in [1.29, 1.82) is 0 Å². The number of ether oxygens (including phenoxy) is 1. The lowest BCUT2D eigenvalue weighted by molar-refractivity contribution is -0.139. The first-order valence-corrected chi connectivity index (χ1v) is 13.4. The van der Waals surface area contributed by atoms with Gasteiger partial charge >= 0.3 is 6.09 Å². The van der Waals surface area contributed by atoms with Crippen LogP contribution in [0.4, 0.5) is 9.18 Å². The monoisotopic (exact) mass is 542 g/mol. The Kier molecular flexibility index (Phi) is 10.4. The number of nitrogens with zero attached hydrogens (tertiary/aromatic N) is 1. The molecule has 3 rings (SSSR count). The molecule has 212 valence electrons. The van der Waals surface area contributed by atoms with E-state index < -0.39 is 41.3 Å². The summed E-state index contributed by atoms with van der Waals surface area (Å²) in [5.41, 5.74) is 12.0. The average molecular weight is 543 g/mol. The third kappa shape index (κ3) is 7.33. The van der Waals surface area contributed by atoms with E-state index in [0.717, 1.165) is 12.0 Å². The summed E-state index contributed by atoms with van der Waals surface area (Å²) >= 11 is 0. The first kappa shape index (κ1) is 30.0. The van der Waals surface area contributed by atoms with Crippen molar-refractivity contribution in [3.63, 3.8) is 0 Å². The molecule has 39 heavy (non-hydrogen) atoms. The predicted molar refractivity (Wildman–Crippen MR) is 146 cm³/mol. The van der Waals surface area contributed by atoms with Crippen molar-refractivity contribution in [2.24, 2.45) is 17.4 Å². The van der Waals surface area contributed by atoms with E-state index in [-0.39, 0.29) is 26.0 Å². The van der Waals surface area contributed by atoms with Gasteiger partial charge in [0, 0.05) is 31.6 Å². The second-order valence-electron chi connectivity index (χ2n) is 10.0.